The number of rotatable bonds is 12. The zero-order chi connectivity index (χ0) is 21.3. The Balaban J connectivity index is 2.30. The predicted molar refractivity (Wildman–Crippen MR) is 130 cm³/mol. The molecule has 0 bridgehead atoms. The molecular weight excluding hydrogens is 350 g/mol. The van der Waals surface area contributed by atoms with E-state index in [2.05, 4.69) is 46.9 Å². The van der Waals surface area contributed by atoms with Crippen LogP contribution in [0.25, 0.3) is 0 Å². The molecule has 2 atom stereocenters. The first-order valence-electron chi connectivity index (χ1n) is 13.6. The molecular formula is C28H55N. The molecule has 1 nitrogen and oxygen atoms in total. The highest BCUT2D eigenvalue weighted by Crippen LogP contribution is 2.49. The van der Waals surface area contributed by atoms with Crippen LogP contribution in [-0.2, 0) is 0 Å². The first-order chi connectivity index (χ1) is 13.9. The van der Waals surface area contributed by atoms with Crippen molar-refractivity contribution in [3.63, 3.8) is 0 Å². The van der Waals surface area contributed by atoms with Gasteiger partial charge in [-0.25, -0.2) is 0 Å². The summed E-state index contributed by atoms with van der Waals surface area (Å²) in [7, 11) is 0. The van der Waals surface area contributed by atoms with E-state index < -0.39 is 0 Å². The molecule has 29 heavy (non-hydrogen) atoms. The molecule has 0 radical (unpaired) electrons. The zero-order valence-corrected chi connectivity index (χ0v) is 21.1. The lowest BCUT2D eigenvalue weighted by Gasteiger charge is -2.51. The van der Waals surface area contributed by atoms with Gasteiger partial charge in [0.2, 0.25) is 0 Å². The molecule has 0 aromatic heterocycles. The average molecular weight is 406 g/mol. The van der Waals surface area contributed by atoms with E-state index in [9.17, 15) is 0 Å². The molecule has 0 aliphatic heterocycles. The number of hydrogen-bond donors (Lipinski definition) is 1. The third-order valence-corrected chi connectivity index (χ3v) is 8.36. The van der Waals surface area contributed by atoms with Gasteiger partial charge in [-0.05, 0) is 74.0 Å². The molecule has 1 heteroatoms. The summed E-state index contributed by atoms with van der Waals surface area (Å²) in [6, 6.07) is 1.47. The normalized spacial score (nSPS) is 24.0. The molecule has 2 unspecified atom stereocenters. The molecule has 0 saturated heterocycles. The average Bonchev–Trinajstić information content (AvgIpc) is 2.67. The van der Waals surface area contributed by atoms with E-state index in [0.717, 1.165) is 23.9 Å². The summed E-state index contributed by atoms with van der Waals surface area (Å²) in [5, 5.41) is 4.49. The van der Waals surface area contributed by atoms with Crippen LogP contribution in [0.1, 0.15) is 144 Å². The van der Waals surface area contributed by atoms with E-state index >= 15 is 0 Å². The van der Waals surface area contributed by atoms with Crippen molar-refractivity contribution in [2.45, 2.75) is 156 Å². The Kier molecular flexibility index (Phi) is 10.5. The van der Waals surface area contributed by atoms with E-state index in [4.69, 9.17) is 0 Å². The summed E-state index contributed by atoms with van der Waals surface area (Å²) in [4.78, 5) is 0. The highest BCUT2D eigenvalue weighted by molar-refractivity contribution is 5.00. The lowest BCUT2D eigenvalue weighted by Crippen LogP contribution is -2.56. The third kappa shape index (κ3) is 6.98. The zero-order valence-electron chi connectivity index (χ0n) is 21.1. The van der Waals surface area contributed by atoms with Crippen LogP contribution < -0.4 is 5.32 Å². The van der Waals surface area contributed by atoms with Gasteiger partial charge < -0.3 is 5.32 Å². The minimum atomic E-state index is 0.558. The van der Waals surface area contributed by atoms with Crippen molar-refractivity contribution < 1.29 is 0 Å². The second kappa shape index (κ2) is 12.1. The van der Waals surface area contributed by atoms with E-state index in [-0.39, 0.29) is 0 Å². The van der Waals surface area contributed by atoms with Gasteiger partial charge >= 0.3 is 0 Å². The number of hydrogen-bond acceptors (Lipinski definition) is 1. The maximum absolute atomic E-state index is 4.49. The van der Waals surface area contributed by atoms with Crippen LogP contribution in [0.3, 0.4) is 0 Å². The van der Waals surface area contributed by atoms with Gasteiger partial charge in [0.05, 0.1) is 0 Å². The van der Waals surface area contributed by atoms with Crippen molar-refractivity contribution in [3.05, 3.63) is 0 Å². The summed E-state index contributed by atoms with van der Waals surface area (Å²) in [6.07, 6.45) is 22.9. The molecule has 0 aromatic carbocycles. The van der Waals surface area contributed by atoms with Crippen LogP contribution in [0.5, 0.6) is 0 Å². The van der Waals surface area contributed by atoms with Crippen molar-refractivity contribution in [2.75, 3.05) is 0 Å². The Morgan fingerprint density at radius 1 is 0.586 bits per heavy atom. The maximum Gasteiger partial charge on any atom is 0.0126 e. The van der Waals surface area contributed by atoms with Gasteiger partial charge in [-0.2, -0.15) is 0 Å². The standard InChI is InChI=1S/C28H55N/c1-7-15-25(27(21-23(3)4)17-11-9-12-18-27)29-26(16-8-2)28(22-24(5)6)19-13-10-14-20-28/h23-26,29H,7-22H2,1-6H3. The van der Waals surface area contributed by atoms with Gasteiger partial charge in [-0.15, -0.1) is 0 Å². The summed E-state index contributed by atoms with van der Waals surface area (Å²) in [6.45, 7) is 14.7. The Morgan fingerprint density at radius 3 is 1.21 bits per heavy atom. The monoisotopic (exact) mass is 405 g/mol. The van der Waals surface area contributed by atoms with Gasteiger partial charge in [-0.1, -0.05) is 92.9 Å². The van der Waals surface area contributed by atoms with E-state index in [1.54, 1.807) is 0 Å². The summed E-state index contributed by atoms with van der Waals surface area (Å²) in [5.74, 6) is 1.64. The van der Waals surface area contributed by atoms with Gasteiger partial charge in [-0.3, -0.25) is 0 Å². The maximum atomic E-state index is 4.49. The van der Waals surface area contributed by atoms with E-state index in [0.29, 0.717) is 10.8 Å². The topological polar surface area (TPSA) is 12.0 Å². The quantitative estimate of drug-likeness (QED) is 0.341. The minimum absolute atomic E-state index is 0.558. The first-order valence-corrected chi connectivity index (χ1v) is 13.6. The van der Waals surface area contributed by atoms with E-state index in [1.165, 1.54) is 103 Å². The van der Waals surface area contributed by atoms with Crippen LogP contribution in [0.4, 0.5) is 0 Å². The Morgan fingerprint density at radius 2 is 0.931 bits per heavy atom. The van der Waals surface area contributed by atoms with Crippen LogP contribution in [-0.4, -0.2) is 12.1 Å². The van der Waals surface area contributed by atoms with Gasteiger partial charge in [0.25, 0.3) is 0 Å². The highest BCUT2D eigenvalue weighted by atomic mass is 15.0. The van der Waals surface area contributed by atoms with Crippen molar-refractivity contribution >= 4 is 0 Å². The summed E-state index contributed by atoms with van der Waals surface area (Å²) < 4.78 is 0. The molecule has 2 fully saturated rings. The van der Waals surface area contributed by atoms with Gasteiger partial charge in [0.1, 0.15) is 0 Å². The van der Waals surface area contributed by atoms with Gasteiger partial charge in [0.15, 0.2) is 0 Å². The lowest BCUT2D eigenvalue weighted by atomic mass is 9.61. The Bertz CT molecular complexity index is 386. The molecule has 2 rings (SSSR count). The first kappa shape index (κ1) is 25.2. The second-order valence-electron chi connectivity index (χ2n) is 11.9. The molecule has 0 heterocycles. The minimum Gasteiger partial charge on any atom is -0.310 e. The fourth-order valence-corrected chi connectivity index (χ4v) is 7.48. The molecule has 0 spiro atoms. The van der Waals surface area contributed by atoms with Crippen LogP contribution >= 0.6 is 0 Å². The molecule has 2 aliphatic carbocycles. The van der Waals surface area contributed by atoms with Crippen molar-refractivity contribution in [2.24, 2.45) is 22.7 Å². The molecule has 0 aromatic rings. The predicted octanol–water partition coefficient (Wildman–Crippen LogP) is 8.91. The fraction of sp³-hybridized carbons (Fsp3) is 1.00. The molecule has 2 aliphatic rings. The smallest absolute Gasteiger partial charge is 0.0126 e. The van der Waals surface area contributed by atoms with Crippen LogP contribution in [0.2, 0.25) is 0 Å². The highest BCUT2D eigenvalue weighted by Gasteiger charge is 2.45. The van der Waals surface area contributed by atoms with Crippen LogP contribution in [0.15, 0.2) is 0 Å². The van der Waals surface area contributed by atoms with Crippen molar-refractivity contribution in [1.29, 1.82) is 0 Å². The number of nitrogens with one attached hydrogen (secondary N) is 1. The van der Waals surface area contributed by atoms with Crippen LogP contribution in [0, 0.1) is 22.7 Å². The Hall–Kier alpha value is -0.0400. The summed E-state index contributed by atoms with van der Waals surface area (Å²) in [5.41, 5.74) is 1.12. The second-order valence-corrected chi connectivity index (χ2v) is 11.9. The molecule has 1 N–H and O–H groups in total. The molecule has 2 saturated carbocycles. The van der Waals surface area contributed by atoms with Crippen molar-refractivity contribution in [3.8, 4) is 0 Å². The van der Waals surface area contributed by atoms with Gasteiger partial charge in [0, 0.05) is 12.1 Å². The fourth-order valence-electron chi connectivity index (χ4n) is 7.48. The molecule has 0 amide bonds. The summed E-state index contributed by atoms with van der Waals surface area (Å²) >= 11 is 0. The van der Waals surface area contributed by atoms with E-state index in [1.807, 2.05) is 0 Å². The molecule has 172 valence electrons. The third-order valence-electron chi connectivity index (χ3n) is 8.36. The lowest BCUT2D eigenvalue weighted by molar-refractivity contribution is 0.0322. The Labute approximate surface area is 184 Å². The largest absolute Gasteiger partial charge is 0.310 e. The SMILES string of the molecule is CCCC(NC(CCC)C1(CC(C)C)CCCCC1)C1(CC(C)C)CCCCC1. The van der Waals surface area contributed by atoms with Crippen molar-refractivity contribution in [1.82, 2.24) is 5.32 Å².